The summed E-state index contributed by atoms with van der Waals surface area (Å²) in [7, 11) is 0. The minimum atomic E-state index is -5.08. The molecule has 0 bridgehead atoms. The number of nitrogens with zero attached hydrogens (tertiary/aromatic N) is 5. The smallest absolute Gasteiger partial charge is 0.475 e. The van der Waals surface area contributed by atoms with Crippen LogP contribution in [-0.4, -0.2) is 93.0 Å². The number of aromatic nitrogens is 2. The van der Waals surface area contributed by atoms with Crippen LogP contribution in [-0.2, 0) is 16.1 Å². The number of carboxylic acid groups (broad SMARTS) is 2. The van der Waals surface area contributed by atoms with Crippen LogP contribution in [0.3, 0.4) is 0 Å². The molecule has 1 saturated carbocycles. The predicted molar refractivity (Wildman–Crippen MR) is 145 cm³/mol. The molecule has 6 rings (SSSR count). The average molecular weight is 634 g/mol. The number of fused-ring (bicyclic) bond motifs is 1. The largest absolute Gasteiger partial charge is 0.490 e. The second-order valence-electron chi connectivity index (χ2n) is 10.9. The molecule has 0 aromatic carbocycles. The van der Waals surface area contributed by atoms with Crippen molar-refractivity contribution in [1.29, 1.82) is 0 Å². The van der Waals surface area contributed by atoms with Gasteiger partial charge in [0.2, 0.25) is 0 Å². The molecule has 1 atom stereocenters. The van der Waals surface area contributed by atoms with Gasteiger partial charge in [0.25, 0.3) is 0 Å². The van der Waals surface area contributed by atoms with E-state index in [-0.39, 0.29) is 0 Å². The van der Waals surface area contributed by atoms with E-state index in [1.54, 1.807) is 6.26 Å². The summed E-state index contributed by atoms with van der Waals surface area (Å²) in [5, 5.41) is 14.2. The van der Waals surface area contributed by atoms with E-state index in [2.05, 4.69) is 49.6 Å². The van der Waals surface area contributed by atoms with Crippen molar-refractivity contribution in [3.05, 3.63) is 54.2 Å². The number of halogens is 6. The van der Waals surface area contributed by atoms with Crippen LogP contribution in [0.1, 0.15) is 43.0 Å². The first-order valence-electron chi connectivity index (χ1n) is 14.0. The monoisotopic (exact) mass is 633 g/mol. The third-order valence-electron chi connectivity index (χ3n) is 7.50. The van der Waals surface area contributed by atoms with Gasteiger partial charge in [0.05, 0.1) is 24.3 Å². The van der Waals surface area contributed by atoms with Crippen LogP contribution in [0, 0.1) is 5.92 Å². The maximum absolute atomic E-state index is 10.6. The van der Waals surface area contributed by atoms with Crippen molar-refractivity contribution in [2.75, 3.05) is 44.2 Å². The van der Waals surface area contributed by atoms with E-state index >= 15 is 0 Å². The number of imidazole rings is 1. The Hall–Kier alpha value is -3.79. The molecule has 16 heteroatoms. The Morgan fingerprint density at radius 2 is 1.57 bits per heavy atom. The van der Waals surface area contributed by atoms with Crippen LogP contribution < -0.4 is 4.90 Å². The first-order chi connectivity index (χ1) is 20.7. The Balaban J connectivity index is 0.000000265. The van der Waals surface area contributed by atoms with Crippen LogP contribution in [0.4, 0.5) is 32.2 Å². The molecular formula is C28H33F6N5O5. The number of piperazine rings is 1. The van der Waals surface area contributed by atoms with E-state index in [9.17, 15) is 26.3 Å². The van der Waals surface area contributed by atoms with Gasteiger partial charge in [0, 0.05) is 57.6 Å². The number of furan rings is 1. The standard InChI is InChI=1S/C24H31N5O.2C2HF3O2/c1-2-10-27(9-1)24-5-3-4-23-25-21(16-29(23)24)22-17-26(14-20-8-13-30-18-20)11-12-28(22)15-19-6-7-19;2*3-2(4,5)1(6)7/h3-5,8,13,16,18-19,22H,1-2,6-7,9-12,14-15,17H2;2*(H,6,7). The molecule has 44 heavy (non-hydrogen) atoms. The molecule has 1 aliphatic carbocycles. The van der Waals surface area contributed by atoms with Gasteiger partial charge in [0.15, 0.2) is 0 Å². The molecule has 0 amide bonds. The highest BCUT2D eigenvalue weighted by atomic mass is 19.4. The summed E-state index contributed by atoms with van der Waals surface area (Å²) in [6.45, 7) is 7.74. The fraction of sp³-hybridized carbons (Fsp3) is 0.536. The molecule has 2 aliphatic heterocycles. The fourth-order valence-corrected chi connectivity index (χ4v) is 5.17. The number of carbonyl (C=O) groups is 2. The Kier molecular flexibility index (Phi) is 10.4. The molecule has 1 unspecified atom stereocenters. The predicted octanol–water partition coefficient (Wildman–Crippen LogP) is 5.06. The number of aliphatic carboxylic acids is 2. The summed E-state index contributed by atoms with van der Waals surface area (Å²) in [6, 6.07) is 9.00. The molecule has 3 fully saturated rings. The Bertz CT molecular complexity index is 1360. The van der Waals surface area contributed by atoms with Gasteiger partial charge < -0.3 is 19.5 Å². The number of alkyl halides is 6. The molecule has 3 aromatic heterocycles. The van der Waals surface area contributed by atoms with Crippen LogP contribution in [0.15, 0.2) is 47.4 Å². The van der Waals surface area contributed by atoms with Gasteiger partial charge in [-0.1, -0.05) is 6.07 Å². The van der Waals surface area contributed by atoms with E-state index < -0.39 is 24.3 Å². The first kappa shape index (κ1) is 33.1. The highest BCUT2D eigenvalue weighted by Gasteiger charge is 2.39. The lowest BCUT2D eigenvalue weighted by molar-refractivity contribution is -0.193. The lowest BCUT2D eigenvalue weighted by atomic mass is 10.1. The van der Waals surface area contributed by atoms with Crippen LogP contribution >= 0.6 is 0 Å². The molecule has 10 nitrogen and oxygen atoms in total. The molecular weight excluding hydrogens is 600 g/mol. The summed E-state index contributed by atoms with van der Waals surface area (Å²) in [5.41, 5.74) is 3.56. The molecule has 3 aliphatic rings. The summed E-state index contributed by atoms with van der Waals surface area (Å²) in [4.78, 5) is 30.7. The first-order valence-corrected chi connectivity index (χ1v) is 14.0. The van der Waals surface area contributed by atoms with Gasteiger partial charge in [-0.05, 0) is 49.8 Å². The average Bonchev–Trinajstić information content (AvgIpc) is 3.34. The highest BCUT2D eigenvalue weighted by Crippen LogP contribution is 2.35. The Morgan fingerprint density at radius 3 is 2.11 bits per heavy atom. The van der Waals surface area contributed by atoms with Crippen molar-refractivity contribution >= 4 is 23.4 Å². The number of rotatable bonds is 6. The Morgan fingerprint density at radius 1 is 0.932 bits per heavy atom. The zero-order valence-corrected chi connectivity index (χ0v) is 23.6. The lowest BCUT2D eigenvalue weighted by Gasteiger charge is -2.40. The topological polar surface area (TPSA) is 115 Å². The maximum atomic E-state index is 10.6. The van der Waals surface area contributed by atoms with Gasteiger partial charge in [-0.3, -0.25) is 14.2 Å². The third kappa shape index (κ3) is 9.11. The zero-order chi connectivity index (χ0) is 32.1. The van der Waals surface area contributed by atoms with Crippen LogP contribution in [0.25, 0.3) is 5.65 Å². The van der Waals surface area contributed by atoms with Gasteiger partial charge in [0.1, 0.15) is 11.5 Å². The molecule has 3 aromatic rings. The number of carboxylic acids is 2. The molecule has 5 heterocycles. The van der Waals surface area contributed by atoms with Crippen molar-refractivity contribution in [1.82, 2.24) is 19.2 Å². The zero-order valence-electron chi connectivity index (χ0n) is 23.6. The summed E-state index contributed by atoms with van der Waals surface area (Å²) < 4.78 is 71.1. The molecule has 2 saturated heterocycles. The summed E-state index contributed by atoms with van der Waals surface area (Å²) in [6.07, 6.45) is 1.17. The van der Waals surface area contributed by atoms with Crippen molar-refractivity contribution in [2.24, 2.45) is 5.92 Å². The van der Waals surface area contributed by atoms with Crippen molar-refractivity contribution < 1.29 is 50.6 Å². The van der Waals surface area contributed by atoms with E-state index in [1.807, 2.05) is 6.26 Å². The molecule has 2 N–H and O–H groups in total. The number of anilines is 1. The second kappa shape index (κ2) is 13.9. The van der Waals surface area contributed by atoms with E-state index in [0.717, 1.165) is 50.8 Å². The molecule has 0 radical (unpaired) electrons. The van der Waals surface area contributed by atoms with Gasteiger partial charge in [-0.2, -0.15) is 26.3 Å². The minimum Gasteiger partial charge on any atom is -0.475 e. The highest BCUT2D eigenvalue weighted by molar-refractivity contribution is 5.73. The van der Waals surface area contributed by atoms with Crippen LogP contribution in [0.2, 0.25) is 0 Å². The fourth-order valence-electron chi connectivity index (χ4n) is 5.17. The van der Waals surface area contributed by atoms with Crippen LogP contribution in [0.5, 0.6) is 0 Å². The third-order valence-corrected chi connectivity index (χ3v) is 7.50. The van der Waals surface area contributed by atoms with E-state index in [4.69, 9.17) is 29.2 Å². The van der Waals surface area contributed by atoms with Crippen molar-refractivity contribution in [3.63, 3.8) is 0 Å². The number of hydrogen-bond donors (Lipinski definition) is 2. The van der Waals surface area contributed by atoms with E-state index in [0.29, 0.717) is 6.04 Å². The molecule has 242 valence electrons. The van der Waals surface area contributed by atoms with Gasteiger partial charge in [-0.15, -0.1) is 0 Å². The SMILES string of the molecule is O=C(O)C(F)(F)F.O=C(O)C(F)(F)F.c1cc(N2CCCC2)n2cc(C3CN(Cc4ccoc4)CCN3CC3CC3)nc2c1. The second-order valence-corrected chi connectivity index (χ2v) is 10.9. The minimum absolute atomic E-state index is 0.359. The quantitative estimate of drug-likeness (QED) is 0.360. The summed E-state index contributed by atoms with van der Waals surface area (Å²) in [5.74, 6) is -3.33. The van der Waals surface area contributed by atoms with Crippen molar-refractivity contribution in [3.8, 4) is 0 Å². The Labute approximate surface area is 248 Å². The number of hydrogen-bond acceptors (Lipinski definition) is 7. The lowest BCUT2D eigenvalue weighted by Crippen LogP contribution is -2.48. The van der Waals surface area contributed by atoms with Crippen molar-refractivity contribution in [2.45, 2.75) is 50.6 Å². The molecule has 0 spiro atoms. The number of pyridine rings is 1. The summed E-state index contributed by atoms with van der Waals surface area (Å²) >= 11 is 0. The normalized spacial score (nSPS) is 19.7. The van der Waals surface area contributed by atoms with Gasteiger partial charge in [-0.25, -0.2) is 14.6 Å². The van der Waals surface area contributed by atoms with Gasteiger partial charge >= 0.3 is 24.3 Å². The van der Waals surface area contributed by atoms with E-state index in [1.165, 1.54) is 49.3 Å². The maximum Gasteiger partial charge on any atom is 0.490 e.